The molecule has 2 nitrogen and oxygen atoms in total. The molecule has 1 saturated heterocycles. The molecule has 2 unspecified atom stereocenters. The maximum absolute atomic E-state index is 9.87. The molecule has 0 bridgehead atoms. The van der Waals surface area contributed by atoms with Crippen molar-refractivity contribution >= 4 is 0 Å². The summed E-state index contributed by atoms with van der Waals surface area (Å²) in [6.07, 6.45) is 3.92. The first-order chi connectivity index (χ1) is 9.14. The Morgan fingerprint density at radius 1 is 1.21 bits per heavy atom. The Kier molecular flexibility index (Phi) is 5.00. The summed E-state index contributed by atoms with van der Waals surface area (Å²) in [4.78, 5) is 2.53. The summed E-state index contributed by atoms with van der Waals surface area (Å²) in [6, 6.07) is 10.4. The molecular weight excluding hydrogens is 234 g/mol. The van der Waals surface area contributed by atoms with Crippen LogP contribution in [0.2, 0.25) is 0 Å². The second-order valence-electron chi connectivity index (χ2n) is 6.40. The molecule has 1 aliphatic heterocycles. The molecule has 106 valence electrons. The van der Waals surface area contributed by atoms with Crippen LogP contribution in [0.15, 0.2) is 30.3 Å². The Bertz CT molecular complexity index is 378. The van der Waals surface area contributed by atoms with E-state index in [9.17, 15) is 5.11 Å². The molecule has 1 heterocycles. The van der Waals surface area contributed by atoms with E-state index in [2.05, 4.69) is 43.0 Å². The van der Waals surface area contributed by atoms with Crippen LogP contribution in [-0.4, -0.2) is 36.2 Å². The summed E-state index contributed by atoms with van der Waals surface area (Å²) in [5.74, 6) is 0.849. The summed E-state index contributed by atoms with van der Waals surface area (Å²) < 4.78 is 0. The topological polar surface area (TPSA) is 23.5 Å². The van der Waals surface area contributed by atoms with Crippen molar-refractivity contribution in [3.05, 3.63) is 35.9 Å². The molecule has 0 spiro atoms. The van der Waals surface area contributed by atoms with Crippen molar-refractivity contribution in [1.82, 2.24) is 4.90 Å². The first kappa shape index (κ1) is 14.5. The SMILES string of the molecule is CC1CCCN(CC(C)(CO)c2ccccc2)CC1. The van der Waals surface area contributed by atoms with Gasteiger partial charge in [-0.1, -0.05) is 44.2 Å². The van der Waals surface area contributed by atoms with Gasteiger partial charge in [-0.3, -0.25) is 0 Å². The number of likely N-dealkylation sites (tertiary alicyclic amines) is 1. The number of aliphatic hydroxyl groups is 1. The van der Waals surface area contributed by atoms with Gasteiger partial charge < -0.3 is 10.0 Å². The Morgan fingerprint density at radius 3 is 2.63 bits per heavy atom. The van der Waals surface area contributed by atoms with E-state index in [1.807, 2.05) is 6.07 Å². The molecule has 0 saturated carbocycles. The van der Waals surface area contributed by atoms with Gasteiger partial charge in [-0.05, 0) is 43.8 Å². The van der Waals surface area contributed by atoms with Crippen LogP contribution in [0.3, 0.4) is 0 Å². The van der Waals surface area contributed by atoms with E-state index in [0.29, 0.717) is 0 Å². The van der Waals surface area contributed by atoms with Gasteiger partial charge in [0.1, 0.15) is 0 Å². The van der Waals surface area contributed by atoms with Gasteiger partial charge in [0.25, 0.3) is 0 Å². The maximum atomic E-state index is 9.87. The fourth-order valence-corrected chi connectivity index (χ4v) is 3.05. The maximum Gasteiger partial charge on any atom is 0.0537 e. The average Bonchev–Trinajstić information content (AvgIpc) is 2.64. The Labute approximate surface area is 117 Å². The molecule has 0 aliphatic carbocycles. The third-order valence-electron chi connectivity index (χ3n) is 4.50. The molecule has 2 rings (SSSR count). The molecule has 2 heteroatoms. The molecule has 1 fully saturated rings. The molecule has 1 N–H and O–H groups in total. The van der Waals surface area contributed by atoms with E-state index in [1.165, 1.54) is 37.9 Å². The second kappa shape index (κ2) is 6.53. The van der Waals surface area contributed by atoms with Crippen LogP contribution in [0.5, 0.6) is 0 Å². The van der Waals surface area contributed by atoms with Gasteiger partial charge in [-0.25, -0.2) is 0 Å². The molecule has 1 aliphatic rings. The molecule has 19 heavy (non-hydrogen) atoms. The Morgan fingerprint density at radius 2 is 1.95 bits per heavy atom. The normalized spacial score (nSPS) is 24.7. The lowest BCUT2D eigenvalue weighted by Crippen LogP contribution is -2.42. The van der Waals surface area contributed by atoms with Crippen LogP contribution in [0.1, 0.15) is 38.7 Å². The lowest BCUT2D eigenvalue weighted by Gasteiger charge is -2.34. The van der Waals surface area contributed by atoms with E-state index in [-0.39, 0.29) is 12.0 Å². The highest BCUT2D eigenvalue weighted by atomic mass is 16.3. The number of aliphatic hydroxyl groups excluding tert-OH is 1. The van der Waals surface area contributed by atoms with Crippen molar-refractivity contribution in [2.75, 3.05) is 26.2 Å². The average molecular weight is 261 g/mol. The monoisotopic (exact) mass is 261 g/mol. The number of hydrogen-bond donors (Lipinski definition) is 1. The van der Waals surface area contributed by atoms with Crippen LogP contribution in [-0.2, 0) is 5.41 Å². The number of rotatable bonds is 4. The highest BCUT2D eigenvalue weighted by Crippen LogP contribution is 2.26. The van der Waals surface area contributed by atoms with Crippen LogP contribution < -0.4 is 0 Å². The molecule has 0 aromatic heterocycles. The third kappa shape index (κ3) is 3.80. The summed E-state index contributed by atoms with van der Waals surface area (Å²) in [5.41, 5.74) is 1.10. The number of hydrogen-bond acceptors (Lipinski definition) is 2. The molecule has 1 aromatic rings. The first-order valence-corrected chi connectivity index (χ1v) is 7.53. The first-order valence-electron chi connectivity index (χ1n) is 7.53. The van der Waals surface area contributed by atoms with E-state index in [0.717, 1.165) is 12.5 Å². The van der Waals surface area contributed by atoms with Gasteiger partial charge in [0.05, 0.1) is 6.61 Å². The largest absolute Gasteiger partial charge is 0.395 e. The predicted molar refractivity (Wildman–Crippen MR) is 80.3 cm³/mol. The summed E-state index contributed by atoms with van der Waals surface area (Å²) in [7, 11) is 0. The summed E-state index contributed by atoms with van der Waals surface area (Å²) >= 11 is 0. The van der Waals surface area contributed by atoms with E-state index < -0.39 is 0 Å². The van der Waals surface area contributed by atoms with Crippen molar-refractivity contribution in [1.29, 1.82) is 0 Å². The minimum atomic E-state index is -0.144. The lowest BCUT2D eigenvalue weighted by molar-refractivity contribution is 0.145. The van der Waals surface area contributed by atoms with Gasteiger partial charge in [-0.15, -0.1) is 0 Å². The van der Waals surface area contributed by atoms with Gasteiger partial charge in [0.2, 0.25) is 0 Å². The fourth-order valence-electron chi connectivity index (χ4n) is 3.05. The van der Waals surface area contributed by atoms with Crippen molar-refractivity contribution in [2.45, 2.75) is 38.5 Å². The van der Waals surface area contributed by atoms with Gasteiger partial charge in [0.15, 0.2) is 0 Å². The van der Waals surface area contributed by atoms with Gasteiger partial charge in [-0.2, -0.15) is 0 Å². The Balaban J connectivity index is 2.06. The van der Waals surface area contributed by atoms with E-state index in [4.69, 9.17) is 0 Å². The minimum Gasteiger partial charge on any atom is -0.395 e. The third-order valence-corrected chi connectivity index (χ3v) is 4.50. The Hall–Kier alpha value is -0.860. The van der Waals surface area contributed by atoms with Crippen LogP contribution in [0.25, 0.3) is 0 Å². The van der Waals surface area contributed by atoms with Gasteiger partial charge in [0, 0.05) is 12.0 Å². The predicted octanol–water partition coefficient (Wildman–Crippen LogP) is 3.06. The van der Waals surface area contributed by atoms with Crippen molar-refractivity contribution in [2.24, 2.45) is 5.92 Å². The summed E-state index contributed by atoms with van der Waals surface area (Å²) in [5, 5.41) is 9.87. The molecule has 0 amide bonds. The molecular formula is C17H27NO. The zero-order chi connectivity index (χ0) is 13.7. The van der Waals surface area contributed by atoms with Crippen LogP contribution >= 0.6 is 0 Å². The second-order valence-corrected chi connectivity index (χ2v) is 6.40. The highest BCUT2D eigenvalue weighted by molar-refractivity contribution is 5.25. The zero-order valence-corrected chi connectivity index (χ0v) is 12.3. The summed E-state index contributed by atoms with van der Waals surface area (Å²) in [6.45, 7) is 8.04. The number of benzene rings is 1. The standard InChI is InChI=1S/C17H27NO/c1-15-7-6-11-18(12-10-15)13-17(2,14-19)16-8-4-3-5-9-16/h3-5,8-9,15,19H,6-7,10-14H2,1-2H3. The van der Waals surface area contributed by atoms with Crippen molar-refractivity contribution in [3.8, 4) is 0 Å². The zero-order valence-electron chi connectivity index (χ0n) is 12.3. The lowest BCUT2D eigenvalue weighted by atomic mass is 9.82. The van der Waals surface area contributed by atoms with E-state index in [1.54, 1.807) is 0 Å². The van der Waals surface area contributed by atoms with Crippen molar-refractivity contribution < 1.29 is 5.11 Å². The smallest absolute Gasteiger partial charge is 0.0537 e. The van der Waals surface area contributed by atoms with Crippen LogP contribution in [0, 0.1) is 5.92 Å². The van der Waals surface area contributed by atoms with Gasteiger partial charge >= 0.3 is 0 Å². The molecule has 2 atom stereocenters. The molecule has 1 aromatic carbocycles. The fraction of sp³-hybridized carbons (Fsp3) is 0.647. The van der Waals surface area contributed by atoms with Crippen molar-refractivity contribution in [3.63, 3.8) is 0 Å². The minimum absolute atomic E-state index is 0.144. The van der Waals surface area contributed by atoms with Crippen LogP contribution in [0.4, 0.5) is 0 Å². The molecule has 0 radical (unpaired) electrons. The quantitative estimate of drug-likeness (QED) is 0.900. The van der Waals surface area contributed by atoms with E-state index >= 15 is 0 Å². The number of nitrogens with zero attached hydrogens (tertiary/aromatic N) is 1. The highest BCUT2D eigenvalue weighted by Gasteiger charge is 2.29.